The molecule has 1 heterocycles. The zero-order chi connectivity index (χ0) is 10.8. The van der Waals surface area contributed by atoms with Crippen LogP contribution >= 0.6 is 27.3 Å². The number of hydrogen-bond donors (Lipinski definition) is 1. The predicted molar refractivity (Wildman–Crippen MR) is 67.9 cm³/mol. The normalized spacial score (nSPS) is 12.1. The Morgan fingerprint density at radius 1 is 1.50 bits per heavy atom. The highest BCUT2D eigenvalue weighted by atomic mass is 79.9. The molecule has 0 amide bonds. The van der Waals surface area contributed by atoms with Crippen molar-refractivity contribution >= 4 is 27.3 Å². The van der Waals surface area contributed by atoms with Crippen molar-refractivity contribution in [2.75, 3.05) is 6.54 Å². The zero-order valence-corrected chi connectivity index (χ0v) is 11.5. The van der Waals surface area contributed by atoms with E-state index in [2.05, 4.69) is 42.8 Å². The van der Waals surface area contributed by atoms with Gasteiger partial charge in [-0.3, -0.25) is 0 Å². The molecule has 3 heteroatoms. The Morgan fingerprint density at radius 3 is 2.57 bits per heavy atom. The Morgan fingerprint density at radius 2 is 2.14 bits per heavy atom. The summed E-state index contributed by atoms with van der Waals surface area (Å²) in [6.45, 7) is 7.35. The predicted octanol–water partition coefficient (Wildman–Crippen LogP) is 3.74. The van der Waals surface area contributed by atoms with E-state index in [1.165, 1.54) is 14.2 Å². The van der Waals surface area contributed by atoms with Gasteiger partial charge in [-0.05, 0) is 53.7 Å². The molecule has 0 fully saturated rings. The second-order valence-corrected chi connectivity index (χ2v) is 6.69. The van der Waals surface area contributed by atoms with E-state index in [1.54, 1.807) is 0 Å². The second kappa shape index (κ2) is 4.77. The smallest absolute Gasteiger partial charge is 0.0317 e. The van der Waals surface area contributed by atoms with Crippen LogP contribution in [0.1, 0.15) is 30.0 Å². The average molecular weight is 276 g/mol. The zero-order valence-electron chi connectivity index (χ0n) is 9.06. The van der Waals surface area contributed by atoms with Gasteiger partial charge in [0, 0.05) is 14.2 Å². The summed E-state index contributed by atoms with van der Waals surface area (Å²) in [6.07, 6.45) is 2.28. The molecule has 1 rings (SSSR count). The van der Waals surface area contributed by atoms with E-state index in [1.807, 2.05) is 11.3 Å². The van der Waals surface area contributed by atoms with Crippen LogP contribution in [0.3, 0.4) is 0 Å². The molecule has 0 unspecified atom stereocenters. The molecule has 0 bridgehead atoms. The van der Waals surface area contributed by atoms with Gasteiger partial charge in [0.25, 0.3) is 0 Å². The van der Waals surface area contributed by atoms with Gasteiger partial charge in [-0.2, -0.15) is 0 Å². The lowest BCUT2D eigenvalue weighted by Gasteiger charge is -2.21. The average Bonchev–Trinajstić information content (AvgIpc) is 2.42. The van der Waals surface area contributed by atoms with Crippen molar-refractivity contribution in [1.29, 1.82) is 0 Å². The van der Waals surface area contributed by atoms with Gasteiger partial charge < -0.3 is 5.73 Å². The molecule has 0 radical (unpaired) electrons. The Hall–Kier alpha value is 0.140. The maximum absolute atomic E-state index is 5.71. The number of aryl methyl sites for hydroxylation is 2. The van der Waals surface area contributed by atoms with Crippen LogP contribution in [-0.4, -0.2) is 6.54 Å². The highest BCUT2D eigenvalue weighted by Gasteiger charge is 2.16. The molecule has 0 aliphatic heterocycles. The first kappa shape index (κ1) is 12.2. The van der Waals surface area contributed by atoms with Crippen molar-refractivity contribution in [2.24, 2.45) is 11.1 Å². The lowest BCUT2D eigenvalue weighted by atomic mass is 9.88. The van der Waals surface area contributed by atoms with Crippen molar-refractivity contribution in [2.45, 2.75) is 33.6 Å². The summed E-state index contributed by atoms with van der Waals surface area (Å²) in [5.41, 5.74) is 5.97. The third-order valence-corrected chi connectivity index (χ3v) is 4.54. The van der Waals surface area contributed by atoms with Gasteiger partial charge in [-0.15, -0.1) is 11.3 Å². The molecule has 1 aromatic heterocycles. The number of halogens is 1. The molecule has 14 heavy (non-hydrogen) atoms. The van der Waals surface area contributed by atoms with Crippen LogP contribution in [0, 0.1) is 12.3 Å². The molecule has 1 aromatic rings. The fourth-order valence-corrected chi connectivity index (χ4v) is 3.12. The molecule has 0 saturated carbocycles. The van der Waals surface area contributed by atoms with Crippen LogP contribution < -0.4 is 5.73 Å². The van der Waals surface area contributed by atoms with Crippen molar-refractivity contribution in [3.8, 4) is 0 Å². The number of rotatable bonds is 4. The van der Waals surface area contributed by atoms with E-state index < -0.39 is 0 Å². The highest BCUT2D eigenvalue weighted by molar-refractivity contribution is 9.10. The SMILES string of the molecule is Cc1cc(Br)c(CCC(C)(C)CN)s1. The minimum Gasteiger partial charge on any atom is -0.330 e. The molecule has 0 atom stereocenters. The summed E-state index contributed by atoms with van der Waals surface area (Å²) in [4.78, 5) is 2.82. The molecule has 80 valence electrons. The van der Waals surface area contributed by atoms with Gasteiger partial charge in [-0.1, -0.05) is 13.8 Å². The molecule has 0 aromatic carbocycles. The number of hydrogen-bond acceptors (Lipinski definition) is 2. The van der Waals surface area contributed by atoms with Crippen LogP contribution in [0.5, 0.6) is 0 Å². The first-order valence-electron chi connectivity index (χ1n) is 4.89. The van der Waals surface area contributed by atoms with Gasteiger partial charge in [0.2, 0.25) is 0 Å². The molecule has 2 N–H and O–H groups in total. The number of nitrogens with two attached hydrogens (primary N) is 1. The minimum atomic E-state index is 0.261. The lowest BCUT2D eigenvalue weighted by molar-refractivity contribution is 0.349. The second-order valence-electron chi connectivity index (χ2n) is 4.50. The van der Waals surface area contributed by atoms with Crippen molar-refractivity contribution in [3.05, 3.63) is 20.3 Å². The summed E-state index contributed by atoms with van der Waals surface area (Å²) in [7, 11) is 0. The van der Waals surface area contributed by atoms with Crippen LogP contribution in [0.15, 0.2) is 10.5 Å². The summed E-state index contributed by atoms with van der Waals surface area (Å²) < 4.78 is 1.26. The minimum absolute atomic E-state index is 0.261. The van der Waals surface area contributed by atoms with Gasteiger partial charge in [0.15, 0.2) is 0 Å². The van der Waals surface area contributed by atoms with Crippen LogP contribution in [0.4, 0.5) is 0 Å². The summed E-state index contributed by atoms with van der Waals surface area (Å²) in [6, 6.07) is 2.19. The number of thiophene rings is 1. The van der Waals surface area contributed by atoms with Gasteiger partial charge in [0.05, 0.1) is 0 Å². The standard InChI is InChI=1S/C11H18BrNS/c1-8-6-9(12)10(14-8)4-5-11(2,3)7-13/h6H,4-5,7,13H2,1-3H3. The van der Waals surface area contributed by atoms with Crippen molar-refractivity contribution in [1.82, 2.24) is 0 Å². The van der Waals surface area contributed by atoms with E-state index in [9.17, 15) is 0 Å². The van der Waals surface area contributed by atoms with Crippen LogP contribution in [0.2, 0.25) is 0 Å². The monoisotopic (exact) mass is 275 g/mol. The van der Waals surface area contributed by atoms with E-state index >= 15 is 0 Å². The molecular formula is C11H18BrNS. The van der Waals surface area contributed by atoms with Crippen LogP contribution in [0.25, 0.3) is 0 Å². The van der Waals surface area contributed by atoms with Crippen molar-refractivity contribution < 1.29 is 0 Å². The quantitative estimate of drug-likeness (QED) is 0.890. The van der Waals surface area contributed by atoms with Gasteiger partial charge >= 0.3 is 0 Å². The highest BCUT2D eigenvalue weighted by Crippen LogP contribution is 2.30. The Labute approximate surface area is 98.8 Å². The van der Waals surface area contributed by atoms with Crippen LogP contribution in [-0.2, 0) is 6.42 Å². The van der Waals surface area contributed by atoms with E-state index in [0.29, 0.717) is 0 Å². The fraction of sp³-hybridized carbons (Fsp3) is 0.636. The summed E-state index contributed by atoms with van der Waals surface area (Å²) >= 11 is 5.46. The third-order valence-electron chi connectivity index (χ3n) is 2.46. The topological polar surface area (TPSA) is 26.0 Å². The maximum Gasteiger partial charge on any atom is 0.0317 e. The Bertz CT molecular complexity index is 304. The Balaban J connectivity index is 2.58. The lowest BCUT2D eigenvalue weighted by Crippen LogP contribution is -2.23. The van der Waals surface area contributed by atoms with E-state index in [-0.39, 0.29) is 5.41 Å². The summed E-state index contributed by atoms with van der Waals surface area (Å²) in [5.74, 6) is 0. The first-order valence-corrected chi connectivity index (χ1v) is 6.50. The summed E-state index contributed by atoms with van der Waals surface area (Å²) in [5, 5.41) is 0. The molecule has 0 aliphatic carbocycles. The van der Waals surface area contributed by atoms with Gasteiger partial charge in [-0.25, -0.2) is 0 Å². The molecular weight excluding hydrogens is 258 g/mol. The molecule has 1 nitrogen and oxygen atoms in total. The maximum atomic E-state index is 5.71. The molecule has 0 aliphatic rings. The largest absolute Gasteiger partial charge is 0.330 e. The first-order chi connectivity index (χ1) is 6.44. The van der Waals surface area contributed by atoms with Gasteiger partial charge in [0.1, 0.15) is 0 Å². The fourth-order valence-electron chi connectivity index (χ4n) is 1.26. The van der Waals surface area contributed by atoms with Crippen molar-refractivity contribution in [3.63, 3.8) is 0 Å². The van der Waals surface area contributed by atoms with E-state index in [4.69, 9.17) is 5.73 Å². The molecule has 0 spiro atoms. The molecule has 0 saturated heterocycles. The van der Waals surface area contributed by atoms with E-state index in [0.717, 1.165) is 19.4 Å². The third kappa shape index (κ3) is 3.37. The Kier molecular flexibility index (Phi) is 4.16.